The van der Waals surface area contributed by atoms with Gasteiger partial charge in [0.05, 0.1) is 6.26 Å². The predicted octanol–water partition coefficient (Wildman–Crippen LogP) is 1.58. The molecular weight excluding hydrogens is 358 g/mol. The van der Waals surface area contributed by atoms with Gasteiger partial charge in [0.1, 0.15) is 0 Å². The van der Waals surface area contributed by atoms with Crippen molar-refractivity contribution in [3.63, 3.8) is 0 Å². The molecule has 2 aromatic rings. The topological polar surface area (TPSA) is 82.8 Å². The molecule has 0 bridgehead atoms. The SMILES string of the molecule is Cc1ccnc(N2CCC(C(=O)N3CCN(C(=O)c4ccco4)CC3)CC2)n1. The van der Waals surface area contributed by atoms with Crippen LogP contribution in [0.2, 0.25) is 0 Å². The Balaban J connectivity index is 1.27. The van der Waals surface area contributed by atoms with E-state index in [0.717, 1.165) is 37.6 Å². The van der Waals surface area contributed by atoms with Gasteiger partial charge in [0.2, 0.25) is 11.9 Å². The number of aromatic nitrogens is 2. The first-order valence-electron chi connectivity index (χ1n) is 9.78. The molecule has 2 aliphatic heterocycles. The van der Waals surface area contributed by atoms with Gasteiger partial charge in [-0.1, -0.05) is 0 Å². The van der Waals surface area contributed by atoms with Crippen molar-refractivity contribution < 1.29 is 14.0 Å². The van der Waals surface area contributed by atoms with Gasteiger partial charge in [-0.2, -0.15) is 0 Å². The maximum Gasteiger partial charge on any atom is 0.289 e. The van der Waals surface area contributed by atoms with Gasteiger partial charge in [0.15, 0.2) is 5.76 Å². The van der Waals surface area contributed by atoms with Gasteiger partial charge in [-0.15, -0.1) is 0 Å². The summed E-state index contributed by atoms with van der Waals surface area (Å²) in [6.07, 6.45) is 4.89. The average molecular weight is 383 g/mol. The molecule has 0 unspecified atom stereocenters. The van der Waals surface area contributed by atoms with E-state index in [2.05, 4.69) is 14.9 Å². The lowest BCUT2D eigenvalue weighted by Crippen LogP contribution is -2.53. The molecule has 0 N–H and O–H groups in total. The predicted molar refractivity (Wildman–Crippen MR) is 103 cm³/mol. The zero-order valence-electron chi connectivity index (χ0n) is 16.1. The number of amides is 2. The summed E-state index contributed by atoms with van der Waals surface area (Å²) in [7, 11) is 0. The molecular formula is C20H25N5O3. The Kier molecular flexibility index (Phi) is 5.27. The van der Waals surface area contributed by atoms with Crippen LogP contribution >= 0.6 is 0 Å². The Hall–Kier alpha value is -2.90. The Labute approximate surface area is 164 Å². The van der Waals surface area contributed by atoms with Crippen LogP contribution in [0.3, 0.4) is 0 Å². The van der Waals surface area contributed by atoms with Crippen molar-refractivity contribution in [1.82, 2.24) is 19.8 Å². The lowest BCUT2D eigenvalue weighted by atomic mass is 9.95. The van der Waals surface area contributed by atoms with Gasteiger partial charge in [-0.3, -0.25) is 9.59 Å². The standard InChI is InChI=1S/C20H25N5O3/c1-15-4-7-21-20(22-15)25-8-5-16(6-9-25)18(26)23-10-12-24(13-11-23)19(27)17-3-2-14-28-17/h2-4,7,14,16H,5-6,8-13H2,1H3. The van der Waals surface area contributed by atoms with Gasteiger partial charge >= 0.3 is 0 Å². The number of nitrogens with zero attached hydrogens (tertiary/aromatic N) is 5. The van der Waals surface area contributed by atoms with Crippen LogP contribution in [0.1, 0.15) is 29.1 Å². The third-order valence-corrected chi connectivity index (χ3v) is 5.52. The number of anilines is 1. The first-order chi connectivity index (χ1) is 13.6. The number of carbonyl (C=O) groups is 2. The second-order valence-corrected chi connectivity index (χ2v) is 7.35. The molecule has 148 valence electrons. The quantitative estimate of drug-likeness (QED) is 0.800. The van der Waals surface area contributed by atoms with Crippen LogP contribution in [-0.4, -0.2) is 70.9 Å². The van der Waals surface area contributed by atoms with E-state index in [1.165, 1.54) is 6.26 Å². The highest BCUT2D eigenvalue weighted by Crippen LogP contribution is 2.23. The van der Waals surface area contributed by atoms with Crippen LogP contribution in [0.15, 0.2) is 35.1 Å². The number of rotatable bonds is 3. The Morgan fingerprint density at radius 1 is 1.04 bits per heavy atom. The summed E-state index contributed by atoms with van der Waals surface area (Å²) in [6.45, 7) is 5.77. The molecule has 8 heteroatoms. The highest BCUT2D eigenvalue weighted by atomic mass is 16.3. The van der Waals surface area contributed by atoms with E-state index in [0.29, 0.717) is 31.9 Å². The highest BCUT2D eigenvalue weighted by molar-refractivity contribution is 5.91. The molecule has 0 radical (unpaired) electrons. The molecule has 2 saturated heterocycles. The molecule has 0 spiro atoms. The summed E-state index contributed by atoms with van der Waals surface area (Å²) >= 11 is 0. The molecule has 4 heterocycles. The van der Waals surface area contributed by atoms with Gasteiger partial charge < -0.3 is 19.1 Å². The van der Waals surface area contributed by atoms with Crippen molar-refractivity contribution in [2.45, 2.75) is 19.8 Å². The maximum atomic E-state index is 12.9. The van der Waals surface area contributed by atoms with E-state index in [4.69, 9.17) is 4.42 Å². The van der Waals surface area contributed by atoms with Crippen LogP contribution in [-0.2, 0) is 4.79 Å². The maximum absolute atomic E-state index is 12.9. The van der Waals surface area contributed by atoms with Gasteiger partial charge in [0, 0.05) is 57.1 Å². The van der Waals surface area contributed by atoms with Crippen molar-refractivity contribution in [3.05, 3.63) is 42.1 Å². The van der Waals surface area contributed by atoms with Crippen LogP contribution < -0.4 is 4.90 Å². The van der Waals surface area contributed by atoms with Crippen molar-refractivity contribution >= 4 is 17.8 Å². The first kappa shape index (κ1) is 18.5. The smallest absolute Gasteiger partial charge is 0.289 e. The number of carbonyl (C=O) groups excluding carboxylic acids is 2. The summed E-state index contributed by atoms with van der Waals surface area (Å²) in [4.78, 5) is 39.9. The summed E-state index contributed by atoms with van der Waals surface area (Å²) in [6, 6.07) is 5.27. The zero-order valence-corrected chi connectivity index (χ0v) is 16.1. The fraction of sp³-hybridized carbons (Fsp3) is 0.500. The second-order valence-electron chi connectivity index (χ2n) is 7.35. The van der Waals surface area contributed by atoms with E-state index < -0.39 is 0 Å². The van der Waals surface area contributed by atoms with Gasteiger partial charge in [-0.05, 0) is 38.0 Å². The van der Waals surface area contributed by atoms with Crippen LogP contribution in [0, 0.1) is 12.8 Å². The largest absolute Gasteiger partial charge is 0.459 e. The summed E-state index contributed by atoms with van der Waals surface area (Å²) in [5.74, 6) is 1.23. The van der Waals surface area contributed by atoms with Crippen molar-refractivity contribution in [2.75, 3.05) is 44.2 Å². The minimum Gasteiger partial charge on any atom is -0.459 e. The summed E-state index contributed by atoms with van der Waals surface area (Å²) in [5.41, 5.74) is 0.949. The molecule has 8 nitrogen and oxygen atoms in total. The lowest BCUT2D eigenvalue weighted by molar-refractivity contribution is -0.137. The number of furan rings is 1. The lowest BCUT2D eigenvalue weighted by Gasteiger charge is -2.38. The molecule has 2 aliphatic rings. The van der Waals surface area contributed by atoms with Crippen molar-refractivity contribution in [2.24, 2.45) is 5.92 Å². The summed E-state index contributed by atoms with van der Waals surface area (Å²) < 4.78 is 5.19. The Morgan fingerprint density at radius 3 is 2.39 bits per heavy atom. The minimum atomic E-state index is -0.108. The molecule has 2 amide bonds. The third-order valence-electron chi connectivity index (χ3n) is 5.52. The summed E-state index contributed by atoms with van der Waals surface area (Å²) in [5, 5.41) is 0. The minimum absolute atomic E-state index is 0.0355. The number of piperazine rings is 1. The molecule has 2 fully saturated rings. The first-order valence-corrected chi connectivity index (χ1v) is 9.78. The van der Waals surface area contributed by atoms with Crippen LogP contribution in [0.5, 0.6) is 0 Å². The van der Waals surface area contributed by atoms with E-state index in [9.17, 15) is 9.59 Å². The molecule has 0 aromatic carbocycles. The fourth-order valence-electron chi connectivity index (χ4n) is 3.86. The van der Waals surface area contributed by atoms with Crippen molar-refractivity contribution in [1.29, 1.82) is 0 Å². The van der Waals surface area contributed by atoms with Gasteiger partial charge in [0.25, 0.3) is 5.91 Å². The highest BCUT2D eigenvalue weighted by Gasteiger charge is 2.32. The molecule has 0 saturated carbocycles. The number of piperidine rings is 1. The van der Waals surface area contributed by atoms with E-state index in [1.54, 1.807) is 23.2 Å². The van der Waals surface area contributed by atoms with E-state index >= 15 is 0 Å². The fourth-order valence-corrected chi connectivity index (χ4v) is 3.86. The van der Waals surface area contributed by atoms with Gasteiger partial charge in [-0.25, -0.2) is 9.97 Å². The normalized spacial score (nSPS) is 18.4. The molecule has 0 atom stereocenters. The Morgan fingerprint density at radius 2 is 1.75 bits per heavy atom. The average Bonchev–Trinajstić information content (AvgIpc) is 3.28. The molecule has 4 rings (SSSR count). The van der Waals surface area contributed by atoms with Crippen LogP contribution in [0.25, 0.3) is 0 Å². The molecule has 2 aromatic heterocycles. The van der Waals surface area contributed by atoms with E-state index in [-0.39, 0.29) is 17.7 Å². The number of hydrogen-bond donors (Lipinski definition) is 0. The van der Waals surface area contributed by atoms with Crippen LogP contribution in [0.4, 0.5) is 5.95 Å². The van der Waals surface area contributed by atoms with Crippen molar-refractivity contribution in [3.8, 4) is 0 Å². The molecule has 0 aliphatic carbocycles. The number of aryl methyl sites for hydroxylation is 1. The molecule has 28 heavy (non-hydrogen) atoms. The Bertz CT molecular complexity index is 822. The second kappa shape index (κ2) is 8.00. The third kappa shape index (κ3) is 3.85. The van der Waals surface area contributed by atoms with E-state index in [1.807, 2.05) is 17.9 Å². The monoisotopic (exact) mass is 383 g/mol. The zero-order chi connectivity index (χ0) is 19.5. The number of hydrogen-bond acceptors (Lipinski definition) is 6.